The van der Waals surface area contributed by atoms with Crippen molar-refractivity contribution in [3.05, 3.63) is 78.1 Å². The van der Waals surface area contributed by atoms with Gasteiger partial charge in [-0.2, -0.15) is 5.26 Å². The van der Waals surface area contributed by atoms with Crippen LogP contribution in [0.1, 0.15) is 12.5 Å². The molecule has 0 saturated heterocycles. The molecule has 25 heavy (non-hydrogen) atoms. The fraction of sp³-hybridized carbons (Fsp3) is 0.0476. The Hall–Kier alpha value is -3.45. The van der Waals surface area contributed by atoms with E-state index in [0.717, 1.165) is 11.1 Å². The molecule has 3 rings (SSSR count). The lowest BCUT2D eigenvalue weighted by Crippen LogP contribution is -2.00. The SMILES string of the molecule is CC(=O)Oc1ccc(-c2ccc(-c3ccc(C#N)cc3)c(F)c2)cc1. The van der Waals surface area contributed by atoms with Gasteiger partial charge in [0.15, 0.2) is 0 Å². The average molecular weight is 331 g/mol. The number of nitrogens with zero attached hydrogens (tertiary/aromatic N) is 1. The van der Waals surface area contributed by atoms with E-state index < -0.39 is 0 Å². The molecular weight excluding hydrogens is 317 g/mol. The van der Waals surface area contributed by atoms with Crippen molar-refractivity contribution in [3.63, 3.8) is 0 Å². The van der Waals surface area contributed by atoms with Crippen LogP contribution in [0.4, 0.5) is 4.39 Å². The summed E-state index contributed by atoms with van der Waals surface area (Å²) in [4.78, 5) is 10.9. The predicted molar refractivity (Wildman–Crippen MR) is 93.3 cm³/mol. The van der Waals surface area contributed by atoms with Gasteiger partial charge in [-0.15, -0.1) is 0 Å². The third kappa shape index (κ3) is 3.73. The number of halogens is 1. The average Bonchev–Trinajstić information content (AvgIpc) is 2.62. The van der Waals surface area contributed by atoms with Gasteiger partial charge in [-0.05, 0) is 47.0 Å². The van der Waals surface area contributed by atoms with Crippen LogP contribution in [0, 0.1) is 17.1 Å². The molecule has 4 heteroatoms. The Labute approximate surface area is 144 Å². The van der Waals surface area contributed by atoms with E-state index in [0.29, 0.717) is 22.4 Å². The zero-order valence-electron chi connectivity index (χ0n) is 13.5. The third-order valence-corrected chi connectivity index (χ3v) is 3.74. The standard InChI is InChI=1S/C21H14FNO2/c1-14(24)25-19-9-6-16(7-10-19)18-8-11-20(21(22)12-18)17-4-2-15(13-23)3-5-17/h2-12H,1H3. The summed E-state index contributed by atoms with van der Waals surface area (Å²) in [5, 5.41) is 8.83. The second-order valence-electron chi connectivity index (χ2n) is 5.50. The van der Waals surface area contributed by atoms with E-state index in [2.05, 4.69) is 0 Å². The Bertz CT molecular complexity index is 955. The highest BCUT2D eigenvalue weighted by molar-refractivity contribution is 5.73. The van der Waals surface area contributed by atoms with Crippen molar-refractivity contribution in [2.75, 3.05) is 0 Å². The van der Waals surface area contributed by atoms with Crippen LogP contribution >= 0.6 is 0 Å². The molecule has 122 valence electrons. The van der Waals surface area contributed by atoms with E-state index in [1.165, 1.54) is 13.0 Å². The van der Waals surface area contributed by atoms with E-state index >= 15 is 0 Å². The zero-order valence-corrected chi connectivity index (χ0v) is 13.5. The normalized spacial score (nSPS) is 10.1. The summed E-state index contributed by atoms with van der Waals surface area (Å²) >= 11 is 0. The third-order valence-electron chi connectivity index (χ3n) is 3.74. The molecule has 0 aliphatic carbocycles. The van der Waals surface area contributed by atoms with Crippen molar-refractivity contribution in [3.8, 4) is 34.1 Å². The van der Waals surface area contributed by atoms with Gasteiger partial charge >= 0.3 is 5.97 Å². The Kier molecular flexibility index (Phi) is 4.58. The summed E-state index contributed by atoms with van der Waals surface area (Å²) in [5.74, 6) is -0.275. The maximum absolute atomic E-state index is 14.5. The molecule has 0 unspecified atom stereocenters. The van der Waals surface area contributed by atoms with Gasteiger partial charge in [-0.1, -0.05) is 36.4 Å². The number of rotatable bonds is 3. The van der Waals surface area contributed by atoms with Gasteiger partial charge in [0.05, 0.1) is 11.6 Å². The van der Waals surface area contributed by atoms with E-state index in [1.54, 1.807) is 54.6 Å². The molecular formula is C21H14FNO2. The summed E-state index contributed by atoms with van der Waals surface area (Å²) in [6.07, 6.45) is 0. The lowest BCUT2D eigenvalue weighted by molar-refractivity contribution is -0.131. The second-order valence-corrected chi connectivity index (χ2v) is 5.50. The summed E-state index contributed by atoms with van der Waals surface area (Å²) in [6, 6.07) is 20.7. The number of esters is 1. The Balaban J connectivity index is 1.88. The van der Waals surface area contributed by atoms with Gasteiger partial charge in [-0.25, -0.2) is 4.39 Å². The number of nitriles is 1. The zero-order chi connectivity index (χ0) is 17.8. The minimum atomic E-state index is -0.384. The molecule has 0 aliphatic heterocycles. The van der Waals surface area contributed by atoms with E-state index in [9.17, 15) is 9.18 Å². The van der Waals surface area contributed by atoms with Crippen molar-refractivity contribution >= 4 is 5.97 Å². The first-order valence-corrected chi connectivity index (χ1v) is 7.66. The molecule has 3 nitrogen and oxygen atoms in total. The molecule has 0 bridgehead atoms. The molecule has 0 spiro atoms. The Morgan fingerprint density at radius 3 is 2.08 bits per heavy atom. The molecule has 0 fully saturated rings. The second kappa shape index (κ2) is 6.98. The number of benzene rings is 3. The topological polar surface area (TPSA) is 50.1 Å². The summed E-state index contributed by atoms with van der Waals surface area (Å²) < 4.78 is 19.5. The summed E-state index contributed by atoms with van der Waals surface area (Å²) in [7, 11) is 0. The van der Waals surface area contributed by atoms with E-state index in [4.69, 9.17) is 10.00 Å². The van der Waals surface area contributed by atoms with Crippen molar-refractivity contribution in [1.29, 1.82) is 5.26 Å². The van der Waals surface area contributed by atoms with Crippen LogP contribution in [0.2, 0.25) is 0 Å². The first kappa shape index (κ1) is 16.4. The van der Waals surface area contributed by atoms with Crippen molar-refractivity contribution < 1.29 is 13.9 Å². The fourth-order valence-electron chi connectivity index (χ4n) is 2.53. The quantitative estimate of drug-likeness (QED) is 0.503. The monoisotopic (exact) mass is 331 g/mol. The summed E-state index contributed by atoms with van der Waals surface area (Å²) in [6.45, 7) is 1.34. The van der Waals surface area contributed by atoms with Crippen LogP contribution in [-0.2, 0) is 4.79 Å². The highest BCUT2D eigenvalue weighted by Gasteiger charge is 2.08. The van der Waals surface area contributed by atoms with E-state index in [1.807, 2.05) is 12.1 Å². The lowest BCUT2D eigenvalue weighted by atomic mass is 9.99. The van der Waals surface area contributed by atoms with Gasteiger partial charge < -0.3 is 4.74 Å². The Morgan fingerprint density at radius 2 is 1.52 bits per heavy atom. The number of hydrogen-bond donors (Lipinski definition) is 0. The largest absolute Gasteiger partial charge is 0.427 e. The molecule has 0 radical (unpaired) electrons. The molecule has 3 aromatic carbocycles. The molecule has 0 N–H and O–H groups in total. The van der Waals surface area contributed by atoms with Crippen LogP contribution in [0.15, 0.2) is 66.7 Å². The molecule has 0 atom stereocenters. The maximum Gasteiger partial charge on any atom is 0.308 e. The van der Waals surface area contributed by atoms with Crippen LogP contribution in [0.3, 0.4) is 0 Å². The first-order valence-electron chi connectivity index (χ1n) is 7.66. The number of ether oxygens (including phenoxy) is 1. The van der Waals surface area contributed by atoms with Gasteiger partial charge in [0.1, 0.15) is 11.6 Å². The first-order chi connectivity index (χ1) is 12.1. The van der Waals surface area contributed by atoms with Crippen molar-refractivity contribution in [2.24, 2.45) is 0 Å². The number of carbonyl (C=O) groups is 1. The van der Waals surface area contributed by atoms with Crippen LogP contribution in [0.5, 0.6) is 5.75 Å². The van der Waals surface area contributed by atoms with Crippen LogP contribution in [0.25, 0.3) is 22.3 Å². The van der Waals surface area contributed by atoms with Crippen molar-refractivity contribution in [2.45, 2.75) is 6.92 Å². The van der Waals surface area contributed by atoms with Crippen molar-refractivity contribution in [1.82, 2.24) is 0 Å². The number of hydrogen-bond acceptors (Lipinski definition) is 3. The maximum atomic E-state index is 14.5. The van der Waals surface area contributed by atoms with Crippen LogP contribution < -0.4 is 4.74 Å². The van der Waals surface area contributed by atoms with Gasteiger partial charge in [0.2, 0.25) is 0 Å². The molecule has 0 aromatic heterocycles. The minimum absolute atomic E-state index is 0.341. The molecule has 0 amide bonds. The molecule has 0 aliphatic rings. The van der Waals surface area contributed by atoms with Gasteiger partial charge in [-0.3, -0.25) is 4.79 Å². The summed E-state index contributed by atoms with van der Waals surface area (Å²) in [5.41, 5.74) is 3.28. The molecule has 0 heterocycles. The fourth-order valence-corrected chi connectivity index (χ4v) is 2.53. The van der Waals surface area contributed by atoms with Crippen LogP contribution in [-0.4, -0.2) is 5.97 Å². The smallest absolute Gasteiger partial charge is 0.308 e. The molecule has 3 aromatic rings. The van der Waals surface area contributed by atoms with Gasteiger partial charge in [0, 0.05) is 12.5 Å². The van der Waals surface area contributed by atoms with E-state index in [-0.39, 0.29) is 11.8 Å². The Morgan fingerprint density at radius 1 is 0.920 bits per heavy atom. The lowest BCUT2D eigenvalue weighted by Gasteiger charge is -2.08. The van der Waals surface area contributed by atoms with Gasteiger partial charge in [0.25, 0.3) is 0 Å². The number of carbonyl (C=O) groups excluding carboxylic acids is 1. The highest BCUT2D eigenvalue weighted by Crippen LogP contribution is 2.29. The molecule has 0 saturated carbocycles. The predicted octanol–water partition coefficient (Wildman–Crippen LogP) is 4.96. The minimum Gasteiger partial charge on any atom is -0.427 e. The highest BCUT2D eigenvalue weighted by atomic mass is 19.1.